The van der Waals surface area contributed by atoms with Crippen LogP contribution >= 0.6 is 0 Å². The third-order valence-electron chi connectivity index (χ3n) is 10.5. The minimum atomic E-state index is -4.25. The van der Waals surface area contributed by atoms with Crippen molar-refractivity contribution in [3.63, 3.8) is 0 Å². The van der Waals surface area contributed by atoms with Gasteiger partial charge in [0.25, 0.3) is 0 Å². The molecule has 0 saturated carbocycles. The molecule has 61 heavy (non-hydrogen) atoms. The fourth-order valence-corrected chi connectivity index (χ4v) is 7.30. The number of hydrogen-bond donors (Lipinski definition) is 1. The molecule has 4 nitrogen and oxygen atoms in total. The largest absolute Gasteiger partial charge is 0.507 e. The second-order valence-corrected chi connectivity index (χ2v) is 15.9. The molecule has 0 unspecified atom stereocenters. The van der Waals surface area contributed by atoms with Crippen molar-refractivity contribution in [2.24, 2.45) is 0 Å². The summed E-state index contributed by atoms with van der Waals surface area (Å²) < 4.78 is 208. The number of fused-ring (bicyclic) bond motifs is 1. The molecular weight excluding hydrogens is 926 g/mol. The molecule has 8 aromatic rings. The summed E-state index contributed by atoms with van der Waals surface area (Å²) in [6, 6.07) is 35.2. The summed E-state index contributed by atoms with van der Waals surface area (Å²) in [5.74, 6) is -2.21. The molecular formula is C56H56N3OPt-. The number of para-hydroxylation sites is 1. The zero-order valence-electron chi connectivity index (χ0n) is 57.3. The predicted molar refractivity (Wildman–Crippen MR) is 252 cm³/mol. The maximum atomic E-state index is 12.9. The summed E-state index contributed by atoms with van der Waals surface area (Å²) in [5.41, 5.74) is -9.03. The quantitative estimate of drug-likeness (QED) is 0.169. The molecule has 0 aliphatic carbocycles. The topological polar surface area (TPSA) is 50.9 Å². The molecule has 312 valence electrons. The number of pyridine rings is 1. The molecule has 0 bridgehead atoms. The van der Waals surface area contributed by atoms with Gasteiger partial charge < -0.3 is 5.11 Å². The van der Waals surface area contributed by atoms with Gasteiger partial charge in [0, 0.05) is 71.4 Å². The summed E-state index contributed by atoms with van der Waals surface area (Å²) in [5, 5.41) is 12.9. The minimum Gasteiger partial charge on any atom is -0.507 e. The molecule has 2 aromatic heterocycles. The average Bonchev–Trinajstić information content (AvgIpc) is 1.21. The monoisotopic (exact) mass is 1010 g/mol. The molecule has 0 fully saturated rings. The number of aromatic hydroxyl groups is 1. The van der Waals surface area contributed by atoms with Gasteiger partial charge in [-0.1, -0.05) is 164 Å². The fraction of sp³-hybridized carbons (Fsp3) is 0.250. The number of phenolic OH excluding ortho intramolecular Hbond substituents is 1. The Bertz CT molecular complexity index is 3710. The van der Waals surface area contributed by atoms with Gasteiger partial charge in [-0.25, -0.2) is 4.98 Å². The molecule has 0 aliphatic rings. The molecule has 0 atom stereocenters. The molecule has 1 N–H and O–H groups in total. The first-order chi connectivity index (χ1) is 38.3. The van der Waals surface area contributed by atoms with E-state index in [4.69, 9.17) is 37.9 Å². The zero-order chi connectivity index (χ0) is 62.7. The van der Waals surface area contributed by atoms with Crippen molar-refractivity contribution in [2.45, 2.75) is 91.8 Å². The van der Waals surface area contributed by atoms with E-state index in [2.05, 4.69) is 11.1 Å². The number of imidazole rings is 1. The van der Waals surface area contributed by atoms with Crippen LogP contribution in [0.25, 0.3) is 72.7 Å². The maximum Gasteiger partial charge on any atom is 0.148 e. The van der Waals surface area contributed by atoms with E-state index in [9.17, 15) is 5.11 Å². The summed E-state index contributed by atoms with van der Waals surface area (Å²) in [6.07, 6.45) is 1.56. The Labute approximate surface area is 410 Å². The second-order valence-electron chi connectivity index (χ2n) is 15.9. The van der Waals surface area contributed by atoms with Crippen LogP contribution in [0.3, 0.4) is 0 Å². The zero-order valence-corrected chi connectivity index (χ0v) is 35.6. The van der Waals surface area contributed by atoms with E-state index in [1.165, 1.54) is 30.3 Å². The first-order valence-corrected chi connectivity index (χ1v) is 19.0. The van der Waals surface area contributed by atoms with Crippen molar-refractivity contribution in [1.82, 2.24) is 14.5 Å². The SMILES string of the molecule is [2H]C([2H])([2H])c1ccc(-c2ccnc(-c3[c-]c(-c4cccc5c4nc(-c4cc(C(C([2H])([2H])[2H])(C([2H])([2H])[2H])C([2H])([2H])[2H])cc(C(C([2H])([2H])[2H])(C([2H])([2H])[2H])C([2H])([2H])[2H])c4O)n5-c4ccc(-c5ccccc5)cc4C([2H])([2H])[2H])cc(C(C)(C)C)c3)c2)cc1.[Pt]. The fourth-order valence-electron chi connectivity index (χ4n) is 7.30. The molecule has 8 rings (SSSR count). The summed E-state index contributed by atoms with van der Waals surface area (Å²) in [7, 11) is 0. The Morgan fingerprint density at radius 3 is 2.00 bits per heavy atom. The second kappa shape index (κ2) is 16.4. The van der Waals surface area contributed by atoms with E-state index < -0.39 is 105 Å². The van der Waals surface area contributed by atoms with Crippen molar-refractivity contribution in [3.05, 3.63) is 167 Å². The van der Waals surface area contributed by atoms with E-state index in [0.29, 0.717) is 45.1 Å². The van der Waals surface area contributed by atoms with Gasteiger partial charge in [0.2, 0.25) is 0 Å². The van der Waals surface area contributed by atoms with Crippen molar-refractivity contribution in [1.29, 1.82) is 0 Å². The van der Waals surface area contributed by atoms with E-state index in [1.54, 1.807) is 85.1 Å². The standard InChI is InChI=1S/C56H56N3O.Pt/c1-35-20-22-38(23-21-35)40-26-27-57-48(32-40)42-29-41(30-43(31-42)54(3,4)5)45-18-15-19-50-51(45)58-53(46-33-44(55(6,7)8)34-47(52(46)60)56(9,10)11)59(50)49-25-24-39(28-36(49)2)37-16-13-12-14-17-37;/h12-28,30-34,60H,1-11H3;/q-1;/i1D3,2D3,6D3,7D3,8D3,9D3,10D3,11D3;. The summed E-state index contributed by atoms with van der Waals surface area (Å²) in [6.45, 7) is -24.6. The summed E-state index contributed by atoms with van der Waals surface area (Å²) >= 11 is 0. The Kier molecular flexibility index (Phi) is 6.04. The van der Waals surface area contributed by atoms with Gasteiger partial charge in [-0.05, 0) is 93.7 Å². The van der Waals surface area contributed by atoms with Gasteiger partial charge in [-0.15, -0.1) is 29.3 Å². The molecule has 2 heterocycles. The van der Waals surface area contributed by atoms with Gasteiger partial charge in [0.05, 0.1) is 22.3 Å². The Balaban J connectivity index is 0.0000104. The van der Waals surface area contributed by atoms with Crippen LogP contribution in [-0.4, -0.2) is 19.6 Å². The van der Waals surface area contributed by atoms with Crippen LogP contribution in [-0.2, 0) is 37.3 Å². The number of phenols is 1. The van der Waals surface area contributed by atoms with Crippen LogP contribution in [0, 0.1) is 19.8 Å². The third kappa shape index (κ3) is 8.66. The number of hydrogen-bond acceptors (Lipinski definition) is 3. The van der Waals surface area contributed by atoms with E-state index in [-0.39, 0.29) is 55.0 Å². The smallest absolute Gasteiger partial charge is 0.148 e. The number of rotatable bonds is 6. The van der Waals surface area contributed by atoms with Crippen LogP contribution in [0.2, 0.25) is 0 Å². The molecule has 0 amide bonds. The average molecular weight is 1010 g/mol. The van der Waals surface area contributed by atoms with Crippen molar-refractivity contribution in [2.75, 3.05) is 0 Å². The van der Waals surface area contributed by atoms with Gasteiger partial charge in [-0.2, -0.15) is 0 Å². The van der Waals surface area contributed by atoms with Gasteiger partial charge in [-0.3, -0.25) is 9.55 Å². The summed E-state index contributed by atoms with van der Waals surface area (Å²) in [4.78, 5) is 9.67. The van der Waals surface area contributed by atoms with Crippen LogP contribution in [0.1, 0.15) is 123 Å². The van der Waals surface area contributed by atoms with Gasteiger partial charge in [0.1, 0.15) is 11.6 Å². The molecule has 6 aromatic carbocycles. The molecule has 0 spiro atoms. The Morgan fingerprint density at radius 2 is 1.30 bits per heavy atom. The number of aromatic nitrogens is 3. The Morgan fingerprint density at radius 1 is 0.607 bits per heavy atom. The van der Waals surface area contributed by atoms with Crippen LogP contribution in [0.5, 0.6) is 5.75 Å². The molecule has 5 heteroatoms. The van der Waals surface area contributed by atoms with Crippen LogP contribution in [0.4, 0.5) is 0 Å². The maximum absolute atomic E-state index is 12.9. The van der Waals surface area contributed by atoms with Crippen LogP contribution < -0.4 is 0 Å². The van der Waals surface area contributed by atoms with Crippen molar-refractivity contribution in [3.8, 4) is 67.5 Å². The number of benzene rings is 6. The van der Waals surface area contributed by atoms with Gasteiger partial charge >= 0.3 is 0 Å². The van der Waals surface area contributed by atoms with Crippen molar-refractivity contribution < 1.29 is 59.1 Å². The molecule has 0 aliphatic heterocycles. The van der Waals surface area contributed by atoms with E-state index in [0.717, 1.165) is 10.1 Å². The van der Waals surface area contributed by atoms with E-state index >= 15 is 0 Å². The normalized spacial score (nSPS) is 19.6. The number of aryl methyl sites for hydroxylation is 2. The van der Waals surface area contributed by atoms with E-state index in [1.807, 2.05) is 26.8 Å². The third-order valence-corrected chi connectivity index (χ3v) is 10.5. The Hall–Kier alpha value is -5.57. The number of nitrogens with zero attached hydrogens (tertiary/aromatic N) is 3. The van der Waals surface area contributed by atoms with Crippen molar-refractivity contribution >= 4 is 11.0 Å². The van der Waals surface area contributed by atoms with Crippen LogP contribution in [0.15, 0.2) is 134 Å². The molecule has 0 saturated heterocycles. The molecule has 0 radical (unpaired) electrons. The minimum absolute atomic E-state index is 0. The van der Waals surface area contributed by atoms with Gasteiger partial charge in [0.15, 0.2) is 0 Å². The predicted octanol–water partition coefficient (Wildman–Crippen LogP) is 14.8. The first-order valence-electron chi connectivity index (χ1n) is 31.0. The first kappa shape index (κ1) is 22.5.